The lowest BCUT2D eigenvalue weighted by molar-refractivity contribution is 0.583. The summed E-state index contributed by atoms with van der Waals surface area (Å²) in [5.74, 6) is 0.652. The molecule has 1 aromatic carbocycles. The lowest BCUT2D eigenvalue weighted by atomic mass is 10.1. The Labute approximate surface area is 134 Å². The van der Waals surface area contributed by atoms with E-state index in [2.05, 4.69) is 9.97 Å². The van der Waals surface area contributed by atoms with Crippen LogP contribution < -0.4 is 5.56 Å². The molecule has 4 nitrogen and oxygen atoms in total. The van der Waals surface area contributed by atoms with Crippen LogP contribution in [0.3, 0.4) is 0 Å². The van der Waals surface area contributed by atoms with E-state index in [0.717, 1.165) is 0 Å². The van der Waals surface area contributed by atoms with Gasteiger partial charge in [-0.05, 0) is 30.7 Å². The van der Waals surface area contributed by atoms with E-state index >= 15 is 0 Å². The summed E-state index contributed by atoms with van der Waals surface area (Å²) in [4.78, 5) is 20.3. The lowest BCUT2D eigenvalue weighted by Gasteiger charge is -2.03. The second kappa shape index (κ2) is 5.17. The molecule has 0 spiro atoms. The third-order valence-electron chi connectivity index (χ3n) is 3.68. The van der Waals surface area contributed by atoms with E-state index in [0.29, 0.717) is 38.5 Å². The molecule has 114 valence electrons. The third kappa shape index (κ3) is 2.27. The maximum absolute atomic E-state index is 13.7. The van der Waals surface area contributed by atoms with Gasteiger partial charge < -0.3 is 9.40 Å². The van der Waals surface area contributed by atoms with Crippen molar-refractivity contribution in [3.8, 4) is 22.7 Å². The summed E-state index contributed by atoms with van der Waals surface area (Å²) in [6.45, 7) is 1.69. The van der Waals surface area contributed by atoms with Gasteiger partial charge in [0.15, 0.2) is 0 Å². The molecule has 0 amide bonds. The summed E-state index contributed by atoms with van der Waals surface area (Å²) in [6.07, 6.45) is 1.56. The van der Waals surface area contributed by atoms with Crippen LogP contribution in [0.5, 0.6) is 0 Å². The Morgan fingerprint density at radius 3 is 2.91 bits per heavy atom. The first-order chi connectivity index (χ1) is 11.1. The fraction of sp³-hybridized carbons (Fsp3) is 0.0588. The summed E-state index contributed by atoms with van der Waals surface area (Å²) < 4.78 is 19.1. The molecule has 0 aliphatic carbocycles. The smallest absolute Gasteiger partial charge is 0.260 e. The predicted molar refractivity (Wildman–Crippen MR) is 88.1 cm³/mol. The zero-order valence-corrected chi connectivity index (χ0v) is 12.9. The van der Waals surface area contributed by atoms with Gasteiger partial charge in [-0.1, -0.05) is 12.1 Å². The molecule has 3 heterocycles. The highest BCUT2D eigenvalue weighted by molar-refractivity contribution is 7.17. The minimum absolute atomic E-state index is 0.265. The van der Waals surface area contributed by atoms with E-state index in [1.165, 1.54) is 17.4 Å². The highest BCUT2D eigenvalue weighted by Crippen LogP contribution is 2.31. The van der Waals surface area contributed by atoms with Crippen molar-refractivity contribution < 1.29 is 8.81 Å². The number of rotatable bonds is 2. The molecule has 1 N–H and O–H groups in total. The van der Waals surface area contributed by atoms with Gasteiger partial charge in [0.2, 0.25) is 0 Å². The summed E-state index contributed by atoms with van der Waals surface area (Å²) in [5.41, 5.74) is 1.54. The van der Waals surface area contributed by atoms with Crippen molar-refractivity contribution in [2.24, 2.45) is 0 Å². The number of aromatic amines is 1. The molecule has 4 rings (SSSR count). The van der Waals surface area contributed by atoms with Crippen LogP contribution in [0.2, 0.25) is 0 Å². The Kier molecular flexibility index (Phi) is 3.12. The number of H-pyrrole nitrogens is 1. The number of thiophene rings is 1. The molecule has 0 saturated heterocycles. The second-order valence-corrected chi connectivity index (χ2v) is 6.04. The number of hydrogen-bond acceptors (Lipinski definition) is 4. The normalized spacial score (nSPS) is 11.2. The number of hydrogen-bond donors (Lipinski definition) is 1. The van der Waals surface area contributed by atoms with Crippen LogP contribution in [0.4, 0.5) is 4.39 Å². The second-order valence-electron chi connectivity index (χ2n) is 5.19. The van der Waals surface area contributed by atoms with Crippen molar-refractivity contribution in [1.29, 1.82) is 0 Å². The van der Waals surface area contributed by atoms with E-state index in [1.807, 2.05) is 5.38 Å². The number of benzene rings is 1. The molecule has 0 bridgehead atoms. The molecule has 4 aromatic rings. The van der Waals surface area contributed by atoms with Crippen LogP contribution in [-0.4, -0.2) is 9.97 Å². The van der Waals surface area contributed by atoms with E-state index in [1.54, 1.807) is 37.5 Å². The summed E-state index contributed by atoms with van der Waals surface area (Å²) in [6, 6.07) is 8.34. The Hall–Kier alpha value is -2.73. The van der Waals surface area contributed by atoms with Gasteiger partial charge in [-0.15, -0.1) is 11.3 Å². The molecule has 0 radical (unpaired) electrons. The summed E-state index contributed by atoms with van der Waals surface area (Å²) >= 11 is 1.36. The monoisotopic (exact) mass is 326 g/mol. The Morgan fingerprint density at radius 2 is 2.17 bits per heavy atom. The first kappa shape index (κ1) is 13.9. The van der Waals surface area contributed by atoms with Gasteiger partial charge in [-0.2, -0.15) is 0 Å². The van der Waals surface area contributed by atoms with Gasteiger partial charge in [0.05, 0.1) is 11.6 Å². The first-order valence-electron chi connectivity index (χ1n) is 6.95. The lowest BCUT2D eigenvalue weighted by Crippen LogP contribution is -2.09. The minimum Gasteiger partial charge on any atom is -0.464 e. The molecule has 3 aromatic heterocycles. The fourth-order valence-electron chi connectivity index (χ4n) is 2.44. The van der Waals surface area contributed by atoms with Gasteiger partial charge >= 0.3 is 0 Å². The van der Waals surface area contributed by atoms with Crippen molar-refractivity contribution in [3.63, 3.8) is 0 Å². The SMILES string of the molecule is Cc1ccc(-c2nc3scc(-c4ccco4)c3c(=O)[nH]2)cc1F. The highest BCUT2D eigenvalue weighted by atomic mass is 32.1. The average molecular weight is 326 g/mol. The first-order valence-corrected chi connectivity index (χ1v) is 7.83. The number of fused-ring (bicyclic) bond motifs is 1. The highest BCUT2D eigenvalue weighted by Gasteiger charge is 2.15. The van der Waals surface area contributed by atoms with Crippen molar-refractivity contribution in [3.05, 3.63) is 63.7 Å². The van der Waals surface area contributed by atoms with Gasteiger partial charge in [0, 0.05) is 16.5 Å². The fourth-order valence-corrected chi connectivity index (χ4v) is 3.37. The van der Waals surface area contributed by atoms with E-state index in [9.17, 15) is 9.18 Å². The number of aromatic nitrogens is 2. The minimum atomic E-state index is -0.326. The van der Waals surface area contributed by atoms with Crippen molar-refractivity contribution in [2.75, 3.05) is 0 Å². The molecule has 23 heavy (non-hydrogen) atoms. The van der Waals surface area contributed by atoms with Crippen molar-refractivity contribution >= 4 is 21.6 Å². The zero-order valence-electron chi connectivity index (χ0n) is 12.1. The molecule has 0 atom stereocenters. The number of nitrogens with one attached hydrogen (secondary N) is 1. The van der Waals surface area contributed by atoms with Gasteiger partial charge in [0.1, 0.15) is 22.2 Å². The third-order valence-corrected chi connectivity index (χ3v) is 4.55. The van der Waals surface area contributed by atoms with E-state index in [-0.39, 0.29) is 11.4 Å². The maximum Gasteiger partial charge on any atom is 0.260 e. The van der Waals surface area contributed by atoms with Crippen LogP contribution in [0.25, 0.3) is 32.9 Å². The number of aryl methyl sites for hydroxylation is 1. The Morgan fingerprint density at radius 1 is 1.30 bits per heavy atom. The number of nitrogens with zero attached hydrogens (tertiary/aromatic N) is 1. The average Bonchev–Trinajstić information content (AvgIpc) is 3.18. The molecule has 6 heteroatoms. The molecule has 0 unspecified atom stereocenters. The standard InChI is InChI=1S/C17H11FN2O2S/c1-9-4-5-10(7-12(9)18)15-19-16(21)14-11(8-23-17(14)20-15)13-3-2-6-22-13/h2-8H,1H3,(H,19,20,21). The van der Waals surface area contributed by atoms with Gasteiger partial charge in [0.25, 0.3) is 5.56 Å². The quantitative estimate of drug-likeness (QED) is 0.595. The summed E-state index contributed by atoms with van der Waals surface area (Å²) in [5, 5.41) is 2.33. The van der Waals surface area contributed by atoms with Crippen LogP contribution in [-0.2, 0) is 0 Å². The topological polar surface area (TPSA) is 58.9 Å². The van der Waals surface area contributed by atoms with E-state index < -0.39 is 0 Å². The number of furan rings is 1. The Balaban J connectivity index is 1.92. The molecule has 0 aliphatic heterocycles. The number of halogens is 1. The Bertz CT molecular complexity index is 1060. The molecule has 0 fully saturated rings. The maximum atomic E-state index is 13.7. The molecular weight excluding hydrogens is 315 g/mol. The van der Waals surface area contributed by atoms with Crippen LogP contribution in [0.15, 0.2) is 51.2 Å². The molecular formula is C17H11FN2O2S. The van der Waals surface area contributed by atoms with Crippen LogP contribution in [0, 0.1) is 12.7 Å². The van der Waals surface area contributed by atoms with Crippen molar-refractivity contribution in [2.45, 2.75) is 6.92 Å². The summed E-state index contributed by atoms with van der Waals surface area (Å²) in [7, 11) is 0. The van der Waals surface area contributed by atoms with Gasteiger partial charge in [-0.3, -0.25) is 4.79 Å². The van der Waals surface area contributed by atoms with Crippen molar-refractivity contribution in [1.82, 2.24) is 9.97 Å². The predicted octanol–water partition coefficient (Wildman–Crippen LogP) is 4.36. The van der Waals surface area contributed by atoms with Crippen LogP contribution in [0.1, 0.15) is 5.56 Å². The van der Waals surface area contributed by atoms with Gasteiger partial charge in [-0.25, -0.2) is 9.37 Å². The zero-order chi connectivity index (χ0) is 16.0. The largest absolute Gasteiger partial charge is 0.464 e. The van der Waals surface area contributed by atoms with Crippen LogP contribution >= 0.6 is 11.3 Å². The van der Waals surface area contributed by atoms with E-state index in [4.69, 9.17) is 4.42 Å². The molecule has 0 aliphatic rings. The molecule has 0 saturated carbocycles.